The molecule has 3 aromatic rings. The van der Waals surface area contributed by atoms with Gasteiger partial charge in [0.2, 0.25) is 0 Å². The van der Waals surface area contributed by atoms with Crippen molar-refractivity contribution in [2.45, 2.75) is 6.61 Å². The molecule has 7 heteroatoms. The minimum atomic E-state index is -0.534. The van der Waals surface area contributed by atoms with Crippen molar-refractivity contribution in [3.8, 4) is 23.1 Å². The second kappa shape index (κ2) is 7.98. The van der Waals surface area contributed by atoms with Crippen LogP contribution in [-0.2, 0) is 6.61 Å². The third-order valence-corrected chi connectivity index (χ3v) is 3.53. The van der Waals surface area contributed by atoms with Crippen molar-refractivity contribution in [2.24, 2.45) is 0 Å². The molecule has 0 saturated heterocycles. The maximum absolute atomic E-state index is 11.0. The van der Waals surface area contributed by atoms with Gasteiger partial charge in [-0.05, 0) is 48.0 Å². The first kappa shape index (κ1) is 17.2. The monoisotopic (exact) mass is 352 g/mol. The lowest BCUT2D eigenvalue weighted by atomic mass is 10.2. The minimum Gasteiger partial charge on any atom is -0.497 e. The third kappa shape index (κ3) is 4.27. The van der Waals surface area contributed by atoms with Crippen LogP contribution in [0.15, 0.2) is 66.9 Å². The molecule has 0 fully saturated rings. The number of hydrogen-bond acceptors (Lipinski definition) is 6. The molecule has 1 heterocycles. The Morgan fingerprint density at radius 3 is 2.50 bits per heavy atom. The van der Waals surface area contributed by atoms with Crippen LogP contribution in [-0.4, -0.2) is 17.0 Å². The van der Waals surface area contributed by atoms with Gasteiger partial charge in [-0.25, -0.2) is 4.98 Å². The van der Waals surface area contributed by atoms with Gasteiger partial charge in [0.15, 0.2) is 0 Å². The van der Waals surface area contributed by atoms with E-state index in [0.29, 0.717) is 18.1 Å². The molecule has 7 nitrogen and oxygen atoms in total. The highest BCUT2D eigenvalue weighted by Crippen LogP contribution is 2.29. The molecule has 2 aromatic carbocycles. The normalized spacial score (nSPS) is 10.2. The van der Waals surface area contributed by atoms with Gasteiger partial charge in [0.25, 0.3) is 5.88 Å². The van der Waals surface area contributed by atoms with E-state index in [9.17, 15) is 10.1 Å². The van der Waals surface area contributed by atoms with Gasteiger partial charge in [0.05, 0.1) is 12.0 Å². The van der Waals surface area contributed by atoms with E-state index in [4.69, 9.17) is 14.2 Å². The lowest BCUT2D eigenvalue weighted by Crippen LogP contribution is -1.97. The number of nitro groups is 1. The SMILES string of the molecule is COc1cccc(COc2ccc(Oc3ncccc3[N+](=O)[O-])cc2)c1. The van der Waals surface area contributed by atoms with E-state index >= 15 is 0 Å². The smallest absolute Gasteiger partial charge is 0.331 e. The van der Waals surface area contributed by atoms with Gasteiger partial charge in [-0.2, -0.15) is 0 Å². The molecule has 0 atom stereocenters. The molecule has 0 aliphatic heterocycles. The Balaban J connectivity index is 1.64. The van der Waals surface area contributed by atoms with Crippen LogP contribution < -0.4 is 14.2 Å². The summed E-state index contributed by atoms with van der Waals surface area (Å²) in [4.78, 5) is 14.4. The van der Waals surface area contributed by atoms with Gasteiger partial charge in [0.1, 0.15) is 23.9 Å². The van der Waals surface area contributed by atoms with Gasteiger partial charge in [-0.1, -0.05) is 12.1 Å². The van der Waals surface area contributed by atoms with Crippen LogP contribution in [0.2, 0.25) is 0 Å². The third-order valence-electron chi connectivity index (χ3n) is 3.53. The van der Waals surface area contributed by atoms with Crippen LogP contribution in [0.1, 0.15) is 5.56 Å². The van der Waals surface area contributed by atoms with Gasteiger partial charge in [-0.15, -0.1) is 0 Å². The first-order valence-electron chi connectivity index (χ1n) is 7.79. The molecular weight excluding hydrogens is 336 g/mol. The average molecular weight is 352 g/mol. The zero-order chi connectivity index (χ0) is 18.4. The molecule has 3 rings (SSSR count). The summed E-state index contributed by atoms with van der Waals surface area (Å²) in [6.07, 6.45) is 1.44. The molecule has 1 aromatic heterocycles. The Morgan fingerprint density at radius 2 is 1.77 bits per heavy atom. The lowest BCUT2D eigenvalue weighted by molar-refractivity contribution is -0.386. The summed E-state index contributed by atoms with van der Waals surface area (Å²) >= 11 is 0. The van der Waals surface area contributed by atoms with Crippen molar-refractivity contribution in [3.05, 3.63) is 82.5 Å². The van der Waals surface area contributed by atoms with E-state index in [1.165, 1.54) is 18.3 Å². The number of hydrogen-bond donors (Lipinski definition) is 0. The molecule has 0 amide bonds. The largest absolute Gasteiger partial charge is 0.497 e. The van der Waals surface area contributed by atoms with Crippen molar-refractivity contribution in [3.63, 3.8) is 0 Å². The fourth-order valence-electron chi connectivity index (χ4n) is 2.24. The van der Waals surface area contributed by atoms with Crippen LogP contribution in [0, 0.1) is 10.1 Å². The summed E-state index contributed by atoms with van der Waals surface area (Å²) in [5, 5.41) is 11.0. The minimum absolute atomic E-state index is 0.0532. The molecule has 0 bridgehead atoms. The molecule has 0 aliphatic rings. The van der Waals surface area contributed by atoms with Gasteiger partial charge >= 0.3 is 5.69 Å². The van der Waals surface area contributed by atoms with Crippen LogP contribution in [0.5, 0.6) is 23.1 Å². The Kier molecular flexibility index (Phi) is 5.28. The van der Waals surface area contributed by atoms with E-state index in [1.807, 2.05) is 24.3 Å². The molecule has 0 aliphatic carbocycles. The zero-order valence-corrected chi connectivity index (χ0v) is 14.0. The van der Waals surface area contributed by atoms with Crippen molar-refractivity contribution in [1.29, 1.82) is 0 Å². The van der Waals surface area contributed by atoms with Gasteiger partial charge < -0.3 is 14.2 Å². The van der Waals surface area contributed by atoms with Crippen molar-refractivity contribution in [2.75, 3.05) is 7.11 Å². The Morgan fingerprint density at radius 1 is 1.00 bits per heavy atom. The van der Waals surface area contributed by atoms with Crippen LogP contribution in [0.25, 0.3) is 0 Å². The van der Waals surface area contributed by atoms with Crippen molar-refractivity contribution < 1.29 is 19.1 Å². The molecule has 0 unspecified atom stereocenters. The second-order valence-electron chi connectivity index (χ2n) is 5.30. The summed E-state index contributed by atoms with van der Waals surface area (Å²) in [6, 6.07) is 17.2. The van der Waals surface area contributed by atoms with Gasteiger partial charge in [-0.3, -0.25) is 10.1 Å². The number of ether oxygens (including phenoxy) is 3. The number of nitrogens with zero attached hydrogens (tertiary/aromatic N) is 2. The van der Waals surface area contributed by atoms with E-state index in [-0.39, 0.29) is 11.6 Å². The summed E-state index contributed by atoms with van der Waals surface area (Å²) in [6.45, 7) is 0.392. The highest BCUT2D eigenvalue weighted by atomic mass is 16.6. The van der Waals surface area contributed by atoms with Crippen LogP contribution in [0.4, 0.5) is 5.69 Å². The van der Waals surface area contributed by atoms with E-state index in [1.54, 1.807) is 31.4 Å². The number of methoxy groups -OCH3 is 1. The topological polar surface area (TPSA) is 83.7 Å². The molecule has 0 N–H and O–H groups in total. The maximum atomic E-state index is 11.0. The number of pyridine rings is 1. The summed E-state index contributed by atoms with van der Waals surface area (Å²) in [5.41, 5.74) is 0.791. The summed E-state index contributed by atoms with van der Waals surface area (Å²) < 4.78 is 16.4. The summed E-state index contributed by atoms with van der Waals surface area (Å²) in [5.74, 6) is 1.80. The Labute approximate surface area is 149 Å². The molecule has 0 saturated carbocycles. The average Bonchev–Trinajstić information content (AvgIpc) is 2.68. The molecule has 0 radical (unpaired) electrons. The highest BCUT2D eigenvalue weighted by Gasteiger charge is 2.16. The second-order valence-corrected chi connectivity index (χ2v) is 5.30. The Bertz CT molecular complexity index is 896. The molecule has 132 valence electrons. The number of benzene rings is 2. The molecule has 0 spiro atoms. The molecular formula is C19H16N2O5. The standard InChI is InChI=1S/C19H16N2O5/c1-24-17-5-2-4-14(12-17)13-25-15-7-9-16(10-8-15)26-19-18(21(22)23)6-3-11-20-19/h2-12H,13H2,1H3. The quantitative estimate of drug-likeness (QED) is 0.464. The zero-order valence-electron chi connectivity index (χ0n) is 14.0. The van der Waals surface area contributed by atoms with E-state index in [0.717, 1.165) is 11.3 Å². The first-order chi connectivity index (χ1) is 12.7. The number of rotatable bonds is 7. The summed E-state index contributed by atoms with van der Waals surface area (Å²) in [7, 11) is 1.62. The fourth-order valence-corrected chi connectivity index (χ4v) is 2.24. The van der Waals surface area contributed by atoms with Gasteiger partial charge in [0, 0.05) is 12.3 Å². The highest BCUT2D eigenvalue weighted by molar-refractivity contribution is 5.43. The van der Waals surface area contributed by atoms with E-state index in [2.05, 4.69) is 4.98 Å². The fraction of sp³-hybridized carbons (Fsp3) is 0.105. The predicted octanol–water partition coefficient (Wildman–Crippen LogP) is 4.37. The van der Waals surface area contributed by atoms with Crippen LogP contribution >= 0.6 is 0 Å². The van der Waals surface area contributed by atoms with Crippen molar-refractivity contribution in [1.82, 2.24) is 4.98 Å². The van der Waals surface area contributed by atoms with Crippen molar-refractivity contribution >= 4 is 5.69 Å². The molecule has 26 heavy (non-hydrogen) atoms. The van der Waals surface area contributed by atoms with E-state index < -0.39 is 4.92 Å². The van der Waals surface area contributed by atoms with Crippen LogP contribution in [0.3, 0.4) is 0 Å². The number of aromatic nitrogens is 1. The Hall–Kier alpha value is -3.61. The first-order valence-corrected chi connectivity index (χ1v) is 7.79. The lowest BCUT2D eigenvalue weighted by Gasteiger charge is -2.09. The maximum Gasteiger partial charge on any atom is 0.331 e. The predicted molar refractivity (Wildman–Crippen MR) is 94.7 cm³/mol.